The Morgan fingerprint density at radius 3 is 2.78 bits per heavy atom. The molecule has 1 aliphatic heterocycles. The minimum absolute atomic E-state index is 0.110. The molecular weight excluding hydrogens is 328 g/mol. The van der Waals surface area contributed by atoms with Crippen LogP contribution < -0.4 is 15.0 Å². The summed E-state index contributed by atoms with van der Waals surface area (Å²) in [6.07, 6.45) is 2.03. The summed E-state index contributed by atoms with van der Waals surface area (Å²) < 4.78 is 5.32. The van der Waals surface area contributed by atoms with Crippen molar-refractivity contribution in [3.8, 4) is 5.75 Å². The average molecular weight is 346 g/mol. The smallest absolute Gasteiger partial charge is 0.326 e. The number of carbonyl (C=O) groups is 1. The quantitative estimate of drug-likeness (QED) is 0.835. The number of hydrogen-bond acceptors (Lipinski definition) is 4. The Morgan fingerprint density at radius 1 is 1.22 bits per heavy atom. The fraction of sp³-hybridized carbons (Fsp3) is 0.235. The molecule has 1 N–H and O–H groups in total. The van der Waals surface area contributed by atoms with E-state index in [1.54, 1.807) is 35.5 Å². The van der Waals surface area contributed by atoms with E-state index in [9.17, 15) is 4.79 Å². The fourth-order valence-corrected chi connectivity index (χ4v) is 3.76. The highest BCUT2D eigenvalue weighted by molar-refractivity contribution is 7.99. The van der Waals surface area contributed by atoms with Crippen molar-refractivity contribution in [3.63, 3.8) is 0 Å². The number of nitrogens with one attached hydrogen (secondary N) is 1. The van der Waals surface area contributed by atoms with Crippen LogP contribution in [0.2, 0.25) is 0 Å². The first-order chi connectivity index (χ1) is 11.2. The van der Waals surface area contributed by atoms with Gasteiger partial charge in [-0.3, -0.25) is 4.90 Å². The summed E-state index contributed by atoms with van der Waals surface area (Å²) >= 11 is 3.38. The van der Waals surface area contributed by atoms with Crippen molar-refractivity contribution in [1.82, 2.24) is 5.32 Å². The van der Waals surface area contributed by atoms with E-state index in [0.29, 0.717) is 6.54 Å². The monoisotopic (exact) mass is 346 g/mol. The van der Waals surface area contributed by atoms with E-state index in [-0.39, 0.29) is 6.03 Å². The van der Waals surface area contributed by atoms with Crippen LogP contribution in [0, 0.1) is 0 Å². The third-order valence-corrected chi connectivity index (χ3v) is 5.26. The molecular formula is C17H18N2O2S2. The SMILES string of the molecule is COc1ccc2c(c1)N(C(=O)NCCSC)c1ccccc1S2. The molecule has 4 nitrogen and oxygen atoms in total. The Hall–Kier alpha value is -1.79. The van der Waals surface area contributed by atoms with E-state index in [1.165, 1.54) is 0 Å². The summed E-state index contributed by atoms with van der Waals surface area (Å²) in [5, 5.41) is 2.99. The van der Waals surface area contributed by atoms with Gasteiger partial charge < -0.3 is 10.1 Å². The number of methoxy groups -OCH3 is 1. The van der Waals surface area contributed by atoms with Crippen LogP contribution in [0.4, 0.5) is 16.2 Å². The largest absolute Gasteiger partial charge is 0.497 e. The van der Waals surface area contributed by atoms with E-state index in [2.05, 4.69) is 5.32 Å². The number of thioether (sulfide) groups is 1. The predicted molar refractivity (Wildman–Crippen MR) is 97.5 cm³/mol. The minimum Gasteiger partial charge on any atom is -0.497 e. The van der Waals surface area contributed by atoms with Gasteiger partial charge in [0, 0.05) is 28.2 Å². The Kier molecular flexibility index (Phi) is 5.03. The maximum atomic E-state index is 12.8. The first kappa shape index (κ1) is 16.1. The molecule has 23 heavy (non-hydrogen) atoms. The number of carbonyl (C=O) groups excluding carboxylic acids is 1. The molecule has 2 amide bonds. The van der Waals surface area contributed by atoms with Crippen LogP contribution in [-0.4, -0.2) is 31.7 Å². The highest BCUT2D eigenvalue weighted by Crippen LogP contribution is 2.48. The van der Waals surface area contributed by atoms with Gasteiger partial charge in [0.1, 0.15) is 5.75 Å². The Bertz CT molecular complexity index is 721. The van der Waals surface area contributed by atoms with E-state index in [1.807, 2.05) is 48.7 Å². The number of benzene rings is 2. The van der Waals surface area contributed by atoms with E-state index in [4.69, 9.17) is 4.74 Å². The number of urea groups is 1. The van der Waals surface area contributed by atoms with Gasteiger partial charge in [-0.15, -0.1) is 0 Å². The molecule has 2 aromatic rings. The predicted octanol–water partition coefficient (Wildman–Crippen LogP) is 4.37. The molecule has 1 heterocycles. The molecule has 0 bridgehead atoms. The minimum atomic E-state index is -0.110. The third-order valence-electron chi connectivity index (χ3n) is 3.52. The number of anilines is 2. The number of para-hydroxylation sites is 1. The summed E-state index contributed by atoms with van der Waals surface area (Å²) in [6, 6.07) is 13.7. The van der Waals surface area contributed by atoms with Gasteiger partial charge in [-0.2, -0.15) is 11.8 Å². The van der Waals surface area contributed by atoms with Crippen molar-refractivity contribution in [2.45, 2.75) is 9.79 Å². The van der Waals surface area contributed by atoms with Gasteiger partial charge in [0.05, 0.1) is 18.5 Å². The zero-order valence-corrected chi connectivity index (χ0v) is 14.7. The summed E-state index contributed by atoms with van der Waals surface area (Å²) in [5.74, 6) is 1.63. The molecule has 0 aliphatic carbocycles. The van der Waals surface area contributed by atoms with Crippen LogP contribution in [-0.2, 0) is 0 Å². The molecule has 0 aromatic heterocycles. The maximum Gasteiger partial charge on any atom is 0.326 e. The van der Waals surface area contributed by atoms with Crippen LogP contribution in [0.25, 0.3) is 0 Å². The summed E-state index contributed by atoms with van der Waals surface area (Å²) in [7, 11) is 1.63. The second-order valence-electron chi connectivity index (χ2n) is 4.96. The number of ether oxygens (including phenoxy) is 1. The van der Waals surface area contributed by atoms with E-state index in [0.717, 1.165) is 32.7 Å². The van der Waals surface area contributed by atoms with Crippen LogP contribution >= 0.6 is 23.5 Å². The topological polar surface area (TPSA) is 41.6 Å². The molecule has 0 saturated carbocycles. The Balaban J connectivity index is 2.00. The molecule has 0 spiro atoms. The molecule has 0 fully saturated rings. The second-order valence-corrected chi connectivity index (χ2v) is 7.03. The average Bonchev–Trinajstić information content (AvgIpc) is 2.59. The molecule has 0 unspecified atom stereocenters. The Morgan fingerprint density at radius 2 is 2.00 bits per heavy atom. The van der Waals surface area contributed by atoms with Gasteiger partial charge in [0.15, 0.2) is 0 Å². The van der Waals surface area contributed by atoms with Crippen LogP contribution in [0.3, 0.4) is 0 Å². The molecule has 1 aliphatic rings. The highest BCUT2D eigenvalue weighted by Gasteiger charge is 2.28. The van der Waals surface area contributed by atoms with Crippen molar-refractivity contribution >= 4 is 40.9 Å². The summed E-state index contributed by atoms with van der Waals surface area (Å²) in [6.45, 7) is 0.644. The van der Waals surface area contributed by atoms with Crippen LogP contribution in [0.15, 0.2) is 52.3 Å². The molecule has 0 radical (unpaired) electrons. The molecule has 3 rings (SSSR count). The number of rotatable bonds is 4. The van der Waals surface area contributed by atoms with Gasteiger partial charge in [0.2, 0.25) is 0 Å². The number of hydrogen-bond donors (Lipinski definition) is 1. The lowest BCUT2D eigenvalue weighted by Crippen LogP contribution is -2.39. The lowest BCUT2D eigenvalue weighted by atomic mass is 10.2. The number of fused-ring (bicyclic) bond motifs is 2. The first-order valence-electron chi connectivity index (χ1n) is 7.26. The second kappa shape index (κ2) is 7.19. The highest BCUT2D eigenvalue weighted by atomic mass is 32.2. The van der Waals surface area contributed by atoms with Crippen molar-refractivity contribution in [1.29, 1.82) is 0 Å². The van der Waals surface area contributed by atoms with Gasteiger partial charge in [-0.05, 0) is 30.5 Å². The number of amides is 2. The molecule has 2 aromatic carbocycles. The molecule has 120 valence electrons. The van der Waals surface area contributed by atoms with Gasteiger partial charge in [0.25, 0.3) is 0 Å². The van der Waals surface area contributed by atoms with Gasteiger partial charge in [-0.1, -0.05) is 23.9 Å². The van der Waals surface area contributed by atoms with Crippen LogP contribution in [0.1, 0.15) is 0 Å². The van der Waals surface area contributed by atoms with Gasteiger partial charge >= 0.3 is 6.03 Å². The van der Waals surface area contributed by atoms with Crippen molar-refractivity contribution < 1.29 is 9.53 Å². The molecule has 0 atom stereocenters. The Labute approximate surface area is 144 Å². The summed E-state index contributed by atoms with van der Waals surface area (Å²) in [4.78, 5) is 16.6. The van der Waals surface area contributed by atoms with Crippen molar-refractivity contribution in [2.75, 3.05) is 30.6 Å². The zero-order valence-electron chi connectivity index (χ0n) is 13.0. The molecule has 6 heteroatoms. The fourth-order valence-electron chi connectivity index (χ4n) is 2.42. The third kappa shape index (κ3) is 3.28. The van der Waals surface area contributed by atoms with Gasteiger partial charge in [-0.25, -0.2) is 4.79 Å². The lowest BCUT2D eigenvalue weighted by molar-refractivity contribution is 0.249. The van der Waals surface area contributed by atoms with E-state index < -0.39 is 0 Å². The lowest BCUT2D eigenvalue weighted by Gasteiger charge is -2.31. The zero-order chi connectivity index (χ0) is 16.2. The summed E-state index contributed by atoms with van der Waals surface area (Å²) in [5.41, 5.74) is 1.76. The van der Waals surface area contributed by atoms with Crippen molar-refractivity contribution in [3.05, 3.63) is 42.5 Å². The van der Waals surface area contributed by atoms with E-state index >= 15 is 0 Å². The normalized spacial score (nSPS) is 12.3. The van der Waals surface area contributed by atoms with Crippen molar-refractivity contribution in [2.24, 2.45) is 0 Å². The maximum absolute atomic E-state index is 12.8. The van der Waals surface area contributed by atoms with Crippen LogP contribution in [0.5, 0.6) is 5.75 Å². The first-order valence-corrected chi connectivity index (χ1v) is 9.47. The standard InChI is InChI=1S/C17H18N2O2S2/c1-21-12-7-8-16-14(11-12)19(17(20)18-9-10-22-2)13-5-3-4-6-15(13)23-16/h3-8,11H,9-10H2,1-2H3,(H,18,20). The number of nitrogens with zero attached hydrogens (tertiary/aromatic N) is 1. The molecule has 0 saturated heterocycles.